The van der Waals surface area contributed by atoms with E-state index in [-0.39, 0.29) is 16.7 Å². The van der Waals surface area contributed by atoms with Crippen molar-refractivity contribution >= 4 is 11.0 Å². The molecule has 0 atom stereocenters. The molecule has 8 rings (SSSR count). The normalized spacial score (nSPS) is 15.0. The number of rotatable bonds is 6. The number of hydrogen-bond donors (Lipinski definition) is 1. The number of aryl methyl sites for hydroxylation is 3. The summed E-state index contributed by atoms with van der Waals surface area (Å²) in [6.07, 6.45) is 1.68. The first kappa shape index (κ1) is 28.2. The van der Waals surface area contributed by atoms with Gasteiger partial charge in [-0.2, -0.15) is 0 Å². The van der Waals surface area contributed by atoms with E-state index in [1.807, 2.05) is 56.3 Å². The Morgan fingerprint density at radius 1 is 0.561 bits per heavy atom. The third kappa shape index (κ3) is 7.29. The summed E-state index contributed by atoms with van der Waals surface area (Å²) in [5, 5.41) is 11.6. The fourth-order valence-corrected chi connectivity index (χ4v) is 7.68. The summed E-state index contributed by atoms with van der Waals surface area (Å²) in [6, 6.07) is 42.5. The molecule has 8 aromatic rings. The lowest BCUT2D eigenvalue weighted by Gasteiger charge is -2.22. The molecule has 0 unspecified atom stereocenters. The topological polar surface area (TPSA) is 50.9 Å². The minimum Gasteiger partial charge on any atom is -0.507 e. The van der Waals surface area contributed by atoms with Crippen LogP contribution in [0.5, 0.6) is 5.75 Å². The zero-order chi connectivity index (χ0) is 47.7. The molecule has 0 fully saturated rings. The second-order valence-corrected chi connectivity index (χ2v) is 16.1. The van der Waals surface area contributed by atoms with Gasteiger partial charge in [-0.25, -0.2) is 4.98 Å². The summed E-state index contributed by atoms with van der Waals surface area (Å²) in [4.78, 5) is 10.2. The predicted molar refractivity (Wildman–Crippen MR) is 239 cm³/mol. The van der Waals surface area contributed by atoms with Crippen LogP contribution in [-0.2, 0) is 10.8 Å². The Balaban J connectivity index is 1.28. The number of aromatic nitrogens is 3. The number of nitrogens with zero attached hydrogens (tertiary/aromatic N) is 3. The van der Waals surface area contributed by atoms with Gasteiger partial charge in [-0.3, -0.25) is 9.55 Å². The molecular formula is C53H51N3O. The van der Waals surface area contributed by atoms with Crippen molar-refractivity contribution in [1.82, 2.24) is 14.5 Å². The van der Waals surface area contributed by atoms with Gasteiger partial charge in [-0.15, -0.1) is 0 Å². The van der Waals surface area contributed by atoms with E-state index in [4.69, 9.17) is 22.3 Å². The van der Waals surface area contributed by atoms with Crippen LogP contribution in [0.25, 0.3) is 72.7 Å². The average molecular weight is 755 g/mol. The highest BCUT2D eigenvalue weighted by Gasteiger charge is 2.23. The number of benzene rings is 6. The molecule has 284 valence electrons. The average Bonchev–Trinajstić information content (AvgIpc) is 3.63. The molecule has 6 aromatic carbocycles. The minimum absolute atomic E-state index is 0.167. The van der Waals surface area contributed by atoms with Crippen LogP contribution >= 0.6 is 0 Å². The standard InChI is InChI=1S/C53H51N3O/c1-33-26-35(3)50(57)46(27-33)51-55-49-45(16-13-17-48(49)56(51)43-22-23-44(34(2)28-43)37-14-11-10-12-15-37)39-29-40(31-42(30-39)53(7,8)9)47-32-38(24-25-54-47)36-18-20-41(21-19-36)52(4,5)6/h10-32,57H,1-9H3/i4D3,5D3,6D3. The Hall–Kier alpha value is -6.26. The van der Waals surface area contributed by atoms with Crippen molar-refractivity contribution in [2.75, 3.05) is 0 Å². The second-order valence-electron chi connectivity index (χ2n) is 16.1. The van der Waals surface area contributed by atoms with Gasteiger partial charge in [-0.1, -0.05) is 126 Å². The highest BCUT2D eigenvalue weighted by molar-refractivity contribution is 5.97. The molecule has 0 saturated carbocycles. The SMILES string of the molecule is [2H]C([2H])([2H])C(c1ccc(-c2ccnc(-c3cc(-c4cccc5c4nc(-c4cc(C)cc(C)c4O)n5-c4ccc(-c5ccccc5)c(C)c4)cc(C(C)(C)C)c3)c2)cc1)(C([2H])([2H])[2H])C([2H])([2H])[2H]. The summed E-state index contributed by atoms with van der Waals surface area (Å²) in [5.41, 5.74) is 10.2. The van der Waals surface area contributed by atoms with Crippen molar-refractivity contribution in [3.05, 3.63) is 167 Å². The van der Waals surface area contributed by atoms with Gasteiger partial charge in [-0.05, 0) is 136 Å². The highest BCUT2D eigenvalue weighted by atomic mass is 16.3. The Kier molecular flexibility index (Phi) is 7.10. The summed E-state index contributed by atoms with van der Waals surface area (Å²) in [6.45, 7) is 2.39. The van der Waals surface area contributed by atoms with E-state index in [1.54, 1.807) is 24.4 Å². The van der Waals surface area contributed by atoms with E-state index in [9.17, 15) is 5.11 Å². The smallest absolute Gasteiger partial charge is 0.149 e. The van der Waals surface area contributed by atoms with Gasteiger partial charge < -0.3 is 5.11 Å². The van der Waals surface area contributed by atoms with E-state index in [0.717, 1.165) is 66.8 Å². The molecule has 0 amide bonds. The maximum Gasteiger partial charge on any atom is 0.149 e. The Labute approximate surface area is 350 Å². The van der Waals surface area contributed by atoms with E-state index >= 15 is 0 Å². The summed E-state index contributed by atoms with van der Waals surface area (Å²) in [5.74, 6) is 0.773. The minimum atomic E-state index is -3.36. The van der Waals surface area contributed by atoms with Gasteiger partial charge >= 0.3 is 0 Å². The number of phenolic OH excluding ortho intramolecular Hbond substituents is 1. The third-order valence-corrected chi connectivity index (χ3v) is 10.7. The van der Waals surface area contributed by atoms with Crippen LogP contribution in [0.1, 0.15) is 81.5 Å². The fourth-order valence-electron chi connectivity index (χ4n) is 7.68. The number of aromatic hydroxyl groups is 1. The lowest BCUT2D eigenvalue weighted by molar-refractivity contribution is 0.472. The summed E-state index contributed by atoms with van der Waals surface area (Å²) >= 11 is 0. The van der Waals surface area contributed by atoms with Gasteiger partial charge in [0.15, 0.2) is 0 Å². The van der Waals surface area contributed by atoms with Crippen molar-refractivity contribution in [1.29, 1.82) is 0 Å². The molecule has 1 N–H and O–H groups in total. The first-order chi connectivity index (χ1) is 30.9. The van der Waals surface area contributed by atoms with Gasteiger partial charge in [0.05, 0.1) is 22.3 Å². The molecule has 4 nitrogen and oxygen atoms in total. The molecule has 0 aliphatic rings. The van der Waals surface area contributed by atoms with E-state index in [0.29, 0.717) is 28.2 Å². The molecule has 0 bridgehead atoms. The molecule has 2 aromatic heterocycles. The number of phenols is 1. The molecule has 0 aliphatic carbocycles. The lowest BCUT2D eigenvalue weighted by Crippen LogP contribution is -2.11. The van der Waals surface area contributed by atoms with Crippen LogP contribution in [0.15, 0.2) is 140 Å². The molecule has 0 saturated heterocycles. The first-order valence-electron chi connectivity index (χ1n) is 23.6. The van der Waals surface area contributed by atoms with Gasteiger partial charge in [0.25, 0.3) is 0 Å². The van der Waals surface area contributed by atoms with E-state index in [2.05, 4.69) is 92.9 Å². The first-order valence-corrected chi connectivity index (χ1v) is 19.1. The van der Waals surface area contributed by atoms with E-state index in [1.165, 1.54) is 12.1 Å². The quantitative estimate of drug-likeness (QED) is 0.184. The summed E-state index contributed by atoms with van der Waals surface area (Å²) < 4.78 is 75.5. The van der Waals surface area contributed by atoms with Crippen LogP contribution in [0.2, 0.25) is 0 Å². The highest BCUT2D eigenvalue weighted by Crippen LogP contribution is 2.41. The maximum absolute atomic E-state index is 11.6. The maximum atomic E-state index is 11.6. The summed E-state index contributed by atoms with van der Waals surface area (Å²) in [7, 11) is 0. The monoisotopic (exact) mass is 754 g/mol. The Morgan fingerprint density at radius 2 is 1.32 bits per heavy atom. The number of para-hydroxylation sites is 1. The van der Waals surface area contributed by atoms with Crippen molar-refractivity contribution in [3.63, 3.8) is 0 Å². The fraction of sp³-hybridized carbons (Fsp3) is 0.208. The lowest BCUT2D eigenvalue weighted by atomic mass is 9.83. The molecular weight excluding hydrogens is 695 g/mol. The molecule has 4 heteroatoms. The molecule has 0 radical (unpaired) electrons. The molecule has 0 aliphatic heterocycles. The van der Waals surface area contributed by atoms with Crippen LogP contribution in [0.4, 0.5) is 0 Å². The molecule has 0 spiro atoms. The molecule has 57 heavy (non-hydrogen) atoms. The zero-order valence-electron chi connectivity index (χ0n) is 42.1. The van der Waals surface area contributed by atoms with E-state index < -0.39 is 26.0 Å². The second kappa shape index (κ2) is 14.4. The van der Waals surface area contributed by atoms with Gasteiger partial charge in [0, 0.05) is 35.3 Å². The number of hydrogen-bond acceptors (Lipinski definition) is 3. The van der Waals surface area contributed by atoms with Crippen molar-refractivity contribution in [2.45, 2.75) is 72.9 Å². The number of imidazole rings is 1. The van der Waals surface area contributed by atoms with Crippen LogP contribution in [-0.4, -0.2) is 19.6 Å². The van der Waals surface area contributed by atoms with Crippen LogP contribution in [0.3, 0.4) is 0 Å². The van der Waals surface area contributed by atoms with Gasteiger partial charge in [0.1, 0.15) is 11.6 Å². The van der Waals surface area contributed by atoms with Crippen molar-refractivity contribution in [2.24, 2.45) is 0 Å². The number of fused-ring (bicyclic) bond motifs is 1. The largest absolute Gasteiger partial charge is 0.507 e. The predicted octanol–water partition coefficient (Wildman–Crippen LogP) is 14.0. The molecule has 2 heterocycles. The Morgan fingerprint density at radius 3 is 2.04 bits per heavy atom. The number of pyridine rings is 1. The Bertz CT molecular complexity index is 3090. The van der Waals surface area contributed by atoms with Crippen LogP contribution < -0.4 is 0 Å². The van der Waals surface area contributed by atoms with Crippen molar-refractivity contribution in [3.8, 4) is 67.5 Å². The third-order valence-electron chi connectivity index (χ3n) is 10.7. The zero-order valence-corrected chi connectivity index (χ0v) is 33.1. The van der Waals surface area contributed by atoms with Crippen molar-refractivity contribution < 1.29 is 17.4 Å². The van der Waals surface area contributed by atoms with Gasteiger partial charge in [0.2, 0.25) is 0 Å². The van der Waals surface area contributed by atoms with Crippen LogP contribution in [0, 0.1) is 20.8 Å².